The molecule has 0 saturated heterocycles. The molecule has 0 aliphatic heterocycles. The molecule has 0 spiro atoms. The second-order valence-corrected chi connectivity index (χ2v) is 6.58. The predicted octanol–water partition coefficient (Wildman–Crippen LogP) is 5.39. The second-order valence-electron chi connectivity index (χ2n) is 3.99. The first-order valence-corrected chi connectivity index (χ1v) is 7.30. The highest BCUT2D eigenvalue weighted by Gasteiger charge is 2.04. The maximum absolute atomic E-state index is 6.00. The van der Waals surface area contributed by atoms with Gasteiger partial charge in [-0.1, -0.05) is 17.7 Å². The number of aryl methyl sites for hydroxylation is 2. The van der Waals surface area contributed by atoms with Gasteiger partial charge in [0.2, 0.25) is 0 Å². The van der Waals surface area contributed by atoms with Crippen LogP contribution in [0.15, 0.2) is 28.7 Å². The van der Waals surface area contributed by atoms with Crippen molar-refractivity contribution in [1.82, 2.24) is 0 Å². The Morgan fingerprint density at radius 2 is 2.00 bits per heavy atom. The van der Waals surface area contributed by atoms with Gasteiger partial charge in [0.1, 0.15) is 4.34 Å². The van der Waals surface area contributed by atoms with Gasteiger partial charge in [-0.05, 0) is 59.1 Å². The molecule has 0 aliphatic carbocycles. The molecule has 2 aromatic rings. The van der Waals surface area contributed by atoms with Crippen LogP contribution in [0, 0.1) is 13.8 Å². The molecule has 90 valence electrons. The molecule has 2 rings (SSSR count). The van der Waals surface area contributed by atoms with E-state index in [-0.39, 0.29) is 0 Å². The average molecular weight is 331 g/mol. The van der Waals surface area contributed by atoms with Crippen LogP contribution in [-0.4, -0.2) is 0 Å². The Balaban J connectivity index is 2.04. The molecule has 0 saturated carbocycles. The van der Waals surface area contributed by atoms with Gasteiger partial charge in [-0.25, -0.2) is 0 Å². The maximum Gasteiger partial charge on any atom is 0.107 e. The van der Waals surface area contributed by atoms with Gasteiger partial charge in [0.25, 0.3) is 0 Å². The van der Waals surface area contributed by atoms with Gasteiger partial charge in [0, 0.05) is 21.6 Å². The fourth-order valence-electron chi connectivity index (χ4n) is 1.52. The Morgan fingerprint density at radius 3 is 2.59 bits per heavy atom. The third-order valence-electron chi connectivity index (χ3n) is 2.67. The normalized spacial score (nSPS) is 10.6. The molecule has 0 aliphatic rings. The minimum Gasteiger partial charge on any atom is -0.380 e. The zero-order valence-electron chi connectivity index (χ0n) is 9.68. The summed E-state index contributed by atoms with van der Waals surface area (Å²) in [4.78, 5) is 1.22. The van der Waals surface area contributed by atoms with E-state index in [0.29, 0.717) is 0 Å². The number of nitrogens with one attached hydrogen (secondary N) is 1. The molecule has 0 bridgehead atoms. The van der Waals surface area contributed by atoms with E-state index in [4.69, 9.17) is 11.6 Å². The highest BCUT2D eigenvalue weighted by atomic mass is 79.9. The zero-order chi connectivity index (χ0) is 12.4. The first-order valence-electron chi connectivity index (χ1n) is 5.31. The number of benzene rings is 1. The van der Waals surface area contributed by atoms with E-state index in [0.717, 1.165) is 21.0 Å². The Morgan fingerprint density at radius 1 is 1.24 bits per heavy atom. The van der Waals surface area contributed by atoms with Crippen LogP contribution >= 0.6 is 38.9 Å². The number of rotatable bonds is 3. The third-order valence-corrected chi connectivity index (χ3v) is 5.14. The lowest BCUT2D eigenvalue weighted by molar-refractivity contribution is 1.18. The van der Waals surface area contributed by atoms with Crippen LogP contribution in [0.25, 0.3) is 0 Å². The fourth-order valence-corrected chi connectivity index (χ4v) is 3.25. The van der Waals surface area contributed by atoms with Gasteiger partial charge in [0.15, 0.2) is 0 Å². The van der Waals surface area contributed by atoms with Crippen molar-refractivity contribution in [2.45, 2.75) is 20.4 Å². The van der Waals surface area contributed by atoms with E-state index >= 15 is 0 Å². The summed E-state index contributed by atoms with van der Waals surface area (Å²) in [7, 11) is 0. The first-order chi connectivity index (χ1) is 8.06. The summed E-state index contributed by atoms with van der Waals surface area (Å²) in [6, 6.07) is 8.46. The van der Waals surface area contributed by atoms with Crippen molar-refractivity contribution < 1.29 is 0 Å². The van der Waals surface area contributed by atoms with Gasteiger partial charge in [-0.15, -0.1) is 11.3 Å². The van der Waals surface area contributed by atoms with Gasteiger partial charge < -0.3 is 5.32 Å². The smallest absolute Gasteiger partial charge is 0.107 e. The van der Waals surface area contributed by atoms with Crippen LogP contribution in [0.5, 0.6) is 0 Å². The van der Waals surface area contributed by atoms with E-state index in [9.17, 15) is 0 Å². The first kappa shape index (κ1) is 12.9. The highest BCUT2D eigenvalue weighted by Crippen LogP contribution is 2.32. The molecule has 0 fully saturated rings. The van der Waals surface area contributed by atoms with Crippen molar-refractivity contribution in [3.8, 4) is 0 Å². The summed E-state index contributed by atoms with van der Waals surface area (Å²) in [6.45, 7) is 5.05. The number of hydrogen-bond donors (Lipinski definition) is 1. The van der Waals surface area contributed by atoms with Gasteiger partial charge in [-0.3, -0.25) is 0 Å². The molecule has 17 heavy (non-hydrogen) atoms. The number of hydrogen-bond acceptors (Lipinski definition) is 2. The maximum atomic E-state index is 6.00. The lowest BCUT2D eigenvalue weighted by Gasteiger charge is -2.07. The molecule has 1 aromatic carbocycles. The van der Waals surface area contributed by atoms with E-state index < -0.39 is 0 Å². The van der Waals surface area contributed by atoms with Crippen LogP contribution in [0.3, 0.4) is 0 Å². The van der Waals surface area contributed by atoms with Crippen LogP contribution in [0.2, 0.25) is 4.34 Å². The van der Waals surface area contributed by atoms with Crippen LogP contribution < -0.4 is 5.32 Å². The summed E-state index contributed by atoms with van der Waals surface area (Å²) in [5.74, 6) is 0. The fraction of sp³-hybridized carbons (Fsp3) is 0.231. The number of anilines is 1. The molecule has 0 unspecified atom stereocenters. The predicted molar refractivity (Wildman–Crippen MR) is 80.3 cm³/mol. The summed E-state index contributed by atoms with van der Waals surface area (Å²) in [6.07, 6.45) is 0. The van der Waals surface area contributed by atoms with Crippen molar-refractivity contribution in [3.05, 3.63) is 49.1 Å². The zero-order valence-corrected chi connectivity index (χ0v) is 12.8. The molecular weight excluding hydrogens is 318 g/mol. The summed E-state index contributed by atoms with van der Waals surface area (Å²) < 4.78 is 1.78. The van der Waals surface area contributed by atoms with Crippen molar-refractivity contribution in [2.24, 2.45) is 0 Å². The van der Waals surface area contributed by atoms with Gasteiger partial charge in [0.05, 0.1) is 0 Å². The second kappa shape index (κ2) is 5.42. The molecule has 1 heterocycles. The largest absolute Gasteiger partial charge is 0.380 e. The van der Waals surface area contributed by atoms with E-state index in [1.54, 1.807) is 11.3 Å². The highest BCUT2D eigenvalue weighted by molar-refractivity contribution is 9.10. The van der Waals surface area contributed by atoms with Crippen LogP contribution in [0.1, 0.15) is 16.0 Å². The summed E-state index contributed by atoms with van der Waals surface area (Å²) >= 11 is 11.0. The number of halogens is 2. The van der Waals surface area contributed by atoms with Crippen molar-refractivity contribution in [3.63, 3.8) is 0 Å². The summed E-state index contributed by atoms with van der Waals surface area (Å²) in [5, 5.41) is 3.40. The molecule has 1 nitrogen and oxygen atoms in total. The van der Waals surface area contributed by atoms with E-state index in [1.807, 2.05) is 0 Å². The molecule has 0 amide bonds. The minimum absolute atomic E-state index is 0.804. The molecular formula is C13H13BrClNS. The lowest BCUT2D eigenvalue weighted by Crippen LogP contribution is -1.97. The van der Waals surface area contributed by atoms with Crippen molar-refractivity contribution in [2.75, 3.05) is 5.32 Å². The molecule has 1 aromatic heterocycles. The summed E-state index contributed by atoms with van der Waals surface area (Å²) in [5.41, 5.74) is 3.77. The van der Waals surface area contributed by atoms with Gasteiger partial charge >= 0.3 is 0 Å². The SMILES string of the molecule is Cc1ccc(NCc2cc(Br)c(Cl)s2)cc1C. The van der Waals surface area contributed by atoms with Gasteiger partial charge in [-0.2, -0.15) is 0 Å². The lowest BCUT2D eigenvalue weighted by atomic mass is 10.1. The van der Waals surface area contributed by atoms with E-state index in [1.165, 1.54) is 16.0 Å². The quantitative estimate of drug-likeness (QED) is 0.795. The van der Waals surface area contributed by atoms with Crippen molar-refractivity contribution in [1.29, 1.82) is 0 Å². The van der Waals surface area contributed by atoms with Crippen molar-refractivity contribution >= 4 is 44.6 Å². The monoisotopic (exact) mass is 329 g/mol. The molecule has 1 N–H and O–H groups in total. The Labute approximate surface area is 119 Å². The van der Waals surface area contributed by atoms with Crippen LogP contribution in [0.4, 0.5) is 5.69 Å². The topological polar surface area (TPSA) is 12.0 Å². The van der Waals surface area contributed by atoms with E-state index in [2.05, 4.69) is 59.4 Å². The molecule has 4 heteroatoms. The Bertz CT molecular complexity index is 517. The Hall–Kier alpha value is -0.510. The standard InChI is InChI=1S/C13H13BrClNS/c1-8-3-4-10(5-9(8)2)16-7-11-6-12(14)13(15)17-11/h3-6,16H,7H2,1-2H3. The molecule has 0 radical (unpaired) electrons. The van der Waals surface area contributed by atoms with Crippen LogP contribution in [-0.2, 0) is 6.54 Å². The third kappa shape index (κ3) is 3.24. The Kier molecular flexibility index (Phi) is 4.13. The minimum atomic E-state index is 0.804. The molecule has 0 atom stereocenters. The number of thiophene rings is 1. The average Bonchev–Trinajstić information content (AvgIpc) is 2.60.